The molecule has 2 N–H and O–H groups in total. The molecular formula is C19H38N2O5. The lowest BCUT2D eigenvalue weighted by Crippen LogP contribution is -2.41. The van der Waals surface area contributed by atoms with Gasteiger partial charge in [0.1, 0.15) is 12.4 Å². The molecule has 7 nitrogen and oxygen atoms in total. The normalized spacial score (nSPS) is 20.0. The molecule has 1 aliphatic carbocycles. The Hall–Kier alpha value is -1.47. The third kappa shape index (κ3) is 9.29. The summed E-state index contributed by atoms with van der Waals surface area (Å²) in [5, 5.41) is 5.69. The molecule has 0 spiro atoms. The SMILES string of the molecule is CCC(=O)NCCOCCOCC(=O)NC1CCC(C(=O)C(C)C)CC1.[HH].[HH]. The van der Waals surface area contributed by atoms with Gasteiger partial charge in [-0.05, 0) is 25.7 Å². The second-order valence-corrected chi connectivity index (χ2v) is 7.04. The van der Waals surface area contributed by atoms with Crippen LogP contribution < -0.4 is 10.6 Å². The van der Waals surface area contributed by atoms with Crippen molar-refractivity contribution in [1.82, 2.24) is 10.6 Å². The van der Waals surface area contributed by atoms with Crippen molar-refractivity contribution in [3.8, 4) is 0 Å². The fourth-order valence-corrected chi connectivity index (χ4v) is 3.04. The molecular weight excluding hydrogens is 336 g/mol. The zero-order valence-corrected chi connectivity index (χ0v) is 16.3. The summed E-state index contributed by atoms with van der Waals surface area (Å²) in [6, 6.07) is 0.140. The lowest BCUT2D eigenvalue weighted by molar-refractivity contribution is -0.128. The van der Waals surface area contributed by atoms with Gasteiger partial charge < -0.3 is 20.1 Å². The van der Waals surface area contributed by atoms with Crippen molar-refractivity contribution in [1.29, 1.82) is 0 Å². The van der Waals surface area contributed by atoms with E-state index in [1.807, 2.05) is 13.8 Å². The molecule has 0 radical (unpaired) electrons. The molecule has 0 aromatic heterocycles. The largest absolute Gasteiger partial charge is 0.377 e. The van der Waals surface area contributed by atoms with Gasteiger partial charge in [-0.1, -0.05) is 20.8 Å². The molecule has 1 rings (SSSR count). The molecule has 0 atom stereocenters. The van der Waals surface area contributed by atoms with Gasteiger partial charge in [-0.2, -0.15) is 0 Å². The number of amides is 2. The van der Waals surface area contributed by atoms with Crippen LogP contribution in [0.4, 0.5) is 0 Å². The van der Waals surface area contributed by atoms with Crippen molar-refractivity contribution < 1.29 is 26.7 Å². The van der Waals surface area contributed by atoms with Gasteiger partial charge in [0.2, 0.25) is 11.8 Å². The summed E-state index contributed by atoms with van der Waals surface area (Å²) in [6.07, 6.45) is 3.87. The standard InChI is InChI=1S/C19H34N2O5.2H2/c1-4-17(22)20-9-10-25-11-12-26-13-18(23)21-16-7-5-15(6-8-16)19(24)14(2)3;;/h14-16H,4-13H2,1-3H3,(H,20,22)(H,21,23);2*1H. The van der Waals surface area contributed by atoms with E-state index in [9.17, 15) is 14.4 Å². The molecule has 0 saturated heterocycles. The molecule has 0 bridgehead atoms. The second-order valence-electron chi connectivity index (χ2n) is 7.04. The fourth-order valence-electron chi connectivity index (χ4n) is 3.04. The number of Topliss-reactive ketones (excluding diaryl/α,β-unsaturated/α-hetero) is 1. The van der Waals surface area contributed by atoms with Gasteiger partial charge in [0.15, 0.2) is 0 Å². The number of hydrogen-bond donors (Lipinski definition) is 2. The number of ether oxygens (including phenoxy) is 2. The monoisotopic (exact) mass is 374 g/mol. The number of carbonyl (C=O) groups excluding carboxylic acids is 3. The quantitative estimate of drug-likeness (QED) is 0.509. The molecule has 0 heterocycles. The van der Waals surface area contributed by atoms with E-state index in [0.29, 0.717) is 38.6 Å². The Balaban J connectivity index is 0. The van der Waals surface area contributed by atoms with Crippen LogP contribution in [0, 0.1) is 11.8 Å². The number of ketones is 1. The first-order chi connectivity index (χ1) is 12.4. The van der Waals surface area contributed by atoms with E-state index in [0.717, 1.165) is 25.7 Å². The molecule has 1 saturated carbocycles. The van der Waals surface area contributed by atoms with Crippen molar-refractivity contribution in [2.45, 2.75) is 58.9 Å². The van der Waals surface area contributed by atoms with E-state index in [1.54, 1.807) is 6.92 Å². The van der Waals surface area contributed by atoms with Crippen LogP contribution >= 0.6 is 0 Å². The first-order valence-corrected chi connectivity index (χ1v) is 9.69. The second kappa shape index (κ2) is 12.8. The van der Waals surface area contributed by atoms with Gasteiger partial charge in [0.05, 0.1) is 19.8 Å². The Bertz CT molecular complexity index is 456. The zero-order valence-electron chi connectivity index (χ0n) is 16.3. The average molecular weight is 375 g/mol. The zero-order chi connectivity index (χ0) is 19.4. The van der Waals surface area contributed by atoms with Crippen LogP contribution in [-0.4, -0.2) is 56.6 Å². The number of nitrogens with one attached hydrogen (secondary N) is 2. The maximum atomic E-state index is 12.0. The van der Waals surface area contributed by atoms with Crippen molar-refractivity contribution in [3.63, 3.8) is 0 Å². The summed E-state index contributed by atoms with van der Waals surface area (Å²) in [5.74, 6) is 0.457. The average Bonchev–Trinajstić information content (AvgIpc) is 2.63. The molecule has 26 heavy (non-hydrogen) atoms. The van der Waals surface area contributed by atoms with E-state index >= 15 is 0 Å². The van der Waals surface area contributed by atoms with Crippen LogP contribution in [0.3, 0.4) is 0 Å². The third-order valence-electron chi connectivity index (χ3n) is 4.56. The highest BCUT2D eigenvalue weighted by Gasteiger charge is 2.28. The van der Waals surface area contributed by atoms with E-state index in [2.05, 4.69) is 10.6 Å². The molecule has 154 valence electrons. The van der Waals surface area contributed by atoms with Crippen LogP contribution in [0.25, 0.3) is 0 Å². The van der Waals surface area contributed by atoms with Crippen molar-refractivity contribution >= 4 is 17.6 Å². The Morgan fingerprint density at radius 1 is 1.00 bits per heavy atom. The molecule has 0 aliphatic heterocycles. The highest BCUT2D eigenvalue weighted by Crippen LogP contribution is 2.27. The van der Waals surface area contributed by atoms with Crippen LogP contribution in [0.5, 0.6) is 0 Å². The Morgan fingerprint density at radius 3 is 2.27 bits per heavy atom. The van der Waals surface area contributed by atoms with E-state index in [-0.39, 0.29) is 39.2 Å². The number of rotatable bonds is 12. The first-order valence-electron chi connectivity index (χ1n) is 9.69. The summed E-state index contributed by atoms with van der Waals surface area (Å²) < 4.78 is 10.6. The summed E-state index contributed by atoms with van der Waals surface area (Å²) in [7, 11) is 0. The minimum absolute atomic E-state index is 0. The maximum absolute atomic E-state index is 12.0. The van der Waals surface area contributed by atoms with E-state index in [4.69, 9.17) is 9.47 Å². The molecule has 1 aliphatic rings. The van der Waals surface area contributed by atoms with Gasteiger partial charge in [0.25, 0.3) is 0 Å². The predicted octanol–water partition coefficient (Wildman–Crippen LogP) is 1.94. The lowest BCUT2D eigenvalue weighted by atomic mass is 9.80. The third-order valence-corrected chi connectivity index (χ3v) is 4.56. The van der Waals surface area contributed by atoms with Crippen LogP contribution in [0.2, 0.25) is 0 Å². The van der Waals surface area contributed by atoms with Crippen LogP contribution in [0.1, 0.15) is 55.7 Å². The molecule has 0 unspecified atom stereocenters. The highest BCUT2D eigenvalue weighted by atomic mass is 16.5. The van der Waals surface area contributed by atoms with Gasteiger partial charge in [-0.3, -0.25) is 14.4 Å². The first kappa shape index (κ1) is 22.6. The van der Waals surface area contributed by atoms with Crippen molar-refractivity contribution in [3.05, 3.63) is 0 Å². The van der Waals surface area contributed by atoms with E-state index < -0.39 is 0 Å². The maximum Gasteiger partial charge on any atom is 0.246 e. The topological polar surface area (TPSA) is 93.7 Å². The smallest absolute Gasteiger partial charge is 0.246 e. The van der Waals surface area contributed by atoms with Gasteiger partial charge >= 0.3 is 0 Å². The molecule has 7 heteroatoms. The van der Waals surface area contributed by atoms with Crippen molar-refractivity contribution in [2.24, 2.45) is 11.8 Å². The van der Waals surface area contributed by atoms with E-state index in [1.165, 1.54) is 0 Å². The lowest BCUT2D eigenvalue weighted by Gasteiger charge is -2.29. The summed E-state index contributed by atoms with van der Waals surface area (Å²) >= 11 is 0. The fraction of sp³-hybridized carbons (Fsp3) is 0.842. The molecule has 0 aromatic carbocycles. The molecule has 2 amide bonds. The Kier molecular flexibility index (Phi) is 11.1. The van der Waals surface area contributed by atoms with Gasteiger partial charge in [-0.25, -0.2) is 0 Å². The minimum atomic E-state index is -0.126. The summed E-state index contributed by atoms with van der Waals surface area (Å²) in [6.45, 7) is 7.33. The predicted molar refractivity (Wildman–Crippen MR) is 103 cm³/mol. The van der Waals surface area contributed by atoms with Gasteiger partial charge in [-0.15, -0.1) is 0 Å². The Labute approximate surface area is 159 Å². The highest BCUT2D eigenvalue weighted by molar-refractivity contribution is 5.83. The number of hydrogen-bond acceptors (Lipinski definition) is 5. The van der Waals surface area contributed by atoms with Gasteiger partial charge in [0, 0.05) is 33.7 Å². The van der Waals surface area contributed by atoms with Crippen molar-refractivity contribution in [2.75, 3.05) is 33.0 Å². The minimum Gasteiger partial charge on any atom is -0.377 e. The van der Waals surface area contributed by atoms with Crippen LogP contribution in [-0.2, 0) is 23.9 Å². The van der Waals surface area contributed by atoms with Crippen LogP contribution in [0.15, 0.2) is 0 Å². The summed E-state index contributed by atoms with van der Waals surface area (Å²) in [5.41, 5.74) is 0. The number of carbonyl (C=O) groups is 3. The molecule has 0 aromatic rings. The molecule has 1 fully saturated rings. The summed E-state index contributed by atoms with van der Waals surface area (Å²) in [4.78, 5) is 34.9. The Morgan fingerprint density at radius 2 is 1.65 bits per heavy atom.